The molecule has 0 bridgehead atoms. The monoisotopic (exact) mass is 292 g/mol. The Balaban J connectivity index is 1.53. The van der Waals surface area contributed by atoms with E-state index in [-0.39, 0.29) is 11.7 Å². The van der Waals surface area contributed by atoms with Crippen molar-refractivity contribution in [2.24, 2.45) is 0 Å². The van der Waals surface area contributed by atoms with Gasteiger partial charge in [0.15, 0.2) is 0 Å². The Bertz CT molecular complexity index is 427. The Kier molecular flexibility index (Phi) is 6.67. The summed E-state index contributed by atoms with van der Waals surface area (Å²) in [5.74, 6) is -0.435. The smallest absolute Gasteiger partial charge is 0.251 e. The van der Waals surface area contributed by atoms with Crippen LogP contribution in [0.5, 0.6) is 0 Å². The SMILES string of the molecule is O=C(NCCCCCN1CCCCC1)c1ccc(F)cc1. The number of unbranched alkanes of at least 4 members (excludes halogenated alkanes) is 2. The molecule has 0 aliphatic carbocycles. The van der Waals surface area contributed by atoms with Crippen LogP contribution in [0.25, 0.3) is 0 Å². The normalized spacial score (nSPS) is 15.9. The number of halogens is 1. The van der Waals surface area contributed by atoms with Crippen molar-refractivity contribution < 1.29 is 9.18 Å². The summed E-state index contributed by atoms with van der Waals surface area (Å²) in [6.45, 7) is 4.38. The van der Waals surface area contributed by atoms with Crippen LogP contribution in [0.2, 0.25) is 0 Å². The summed E-state index contributed by atoms with van der Waals surface area (Å²) < 4.78 is 12.8. The highest BCUT2D eigenvalue weighted by atomic mass is 19.1. The minimum Gasteiger partial charge on any atom is -0.352 e. The van der Waals surface area contributed by atoms with Crippen molar-refractivity contribution >= 4 is 5.91 Å². The number of amides is 1. The van der Waals surface area contributed by atoms with Gasteiger partial charge >= 0.3 is 0 Å². The molecule has 1 N–H and O–H groups in total. The van der Waals surface area contributed by atoms with E-state index >= 15 is 0 Å². The van der Waals surface area contributed by atoms with Crippen LogP contribution in [0.4, 0.5) is 4.39 Å². The molecule has 1 heterocycles. The fraction of sp³-hybridized carbons (Fsp3) is 0.588. The number of hydrogen-bond acceptors (Lipinski definition) is 2. The van der Waals surface area contributed by atoms with E-state index in [1.807, 2.05) is 0 Å². The third kappa shape index (κ3) is 5.84. The fourth-order valence-electron chi connectivity index (χ4n) is 2.73. The number of carbonyl (C=O) groups is 1. The molecule has 0 aromatic heterocycles. The zero-order chi connectivity index (χ0) is 14.9. The molecular formula is C17H25FN2O. The predicted molar refractivity (Wildman–Crippen MR) is 82.9 cm³/mol. The second kappa shape index (κ2) is 8.78. The van der Waals surface area contributed by atoms with Gasteiger partial charge in [0.2, 0.25) is 0 Å². The first-order valence-corrected chi connectivity index (χ1v) is 8.02. The van der Waals surface area contributed by atoms with Gasteiger partial charge in [0, 0.05) is 12.1 Å². The van der Waals surface area contributed by atoms with Crippen molar-refractivity contribution in [1.82, 2.24) is 10.2 Å². The van der Waals surface area contributed by atoms with Crippen LogP contribution < -0.4 is 5.32 Å². The number of nitrogens with one attached hydrogen (secondary N) is 1. The molecular weight excluding hydrogens is 267 g/mol. The molecule has 0 radical (unpaired) electrons. The molecule has 4 heteroatoms. The van der Waals surface area contributed by atoms with Crippen LogP contribution in [0.15, 0.2) is 24.3 Å². The first kappa shape index (κ1) is 16.0. The summed E-state index contributed by atoms with van der Waals surface area (Å²) in [6, 6.07) is 5.66. The predicted octanol–water partition coefficient (Wildman–Crippen LogP) is 3.21. The topological polar surface area (TPSA) is 32.3 Å². The zero-order valence-corrected chi connectivity index (χ0v) is 12.6. The molecule has 0 spiro atoms. The molecule has 2 rings (SSSR count). The Hall–Kier alpha value is -1.42. The van der Waals surface area contributed by atoms with Gasteiger partial charge in [0.25, 0.3) is 5.91 Å². The van der Waals surface area contributed by atoms with Crippen molar-refractivity contribution in [1.29, 1.82) is 0 Å². The Morgan fingerprint density at radius 1 is 1.05 bits per heavy atom. The lowest BCUT2D eigenvalue weighted by molar-refractivity contribution is 0.0952. The average Bonchev–Trinajstić information content (AvgIpc) is 2.52. The molecule has 1 amide bonds. The van der Waals surface area contributed by atoms with Crippen molar-refractivity contribution in [2.45, 2.75) is 38.5 Å². The Morgan fingerprint density at radius 2 is 1.76 bits per heavy atom. The number of hydrogen-bond donors (Lipinski definition) is 1. The van der Waals surface area contributed by atoms with E-state index in [1.165, 1.54) is 69.6 Å². The van der Waals surface area contributed by atoms with Gasteiger partial charge < -0.3 is 10.2 Å². The van der Waals surface area contributed by atoms with E-state index in [4.69, 9.17) is 0 Å². The molecule has 1 aromatic carbocycles. The van der Waals surface area contributed by atoms with E-state index in [0.29, 0.717) is 12.1 Å². The van der Waals surface area contributed by atoms with Crippen molar-refractivity contribution in [3.05, 3.63) is 35.6 Å². The van der Waals surface area contributed by atoms with E-state index in [1.54, 1.807) is 0 Å². The molecule has 21 heavy (non-hydrogen) atoms. The largest absolute Gasteiger partial charge is 0.352 e. The van der Waals surface area contributed by atoms with Crippen LogP contribution >= 0.6 is 0 Å². The van der Waals surface area contributed by atoms with Gasteiger partial charge in [-0.1, -0.05) is 12.8 Å². The summed E-state index contributed by atoms with van der Waals surface area (Å²) in [4.78, 5) is 14.3. The zero-order valence-electron chi connectivity index (χ0n) is 12.6. The number of nitrogens with zero attached hydrogens (tertiary/aromatic N) is 1. The fourth-order valence-corrected chi connectivity index (χ4v) is 2.73. The summed E-state index contributed by atoms with van der Waals surface area (Å²) in [5.41, 5.74) is 0.518. The summed E-state index contributed by atoms with van der Waals surface area (Å²) in [6.07, 6.45) is 7.40. The lowest BCUT2D eigenvalue weighted by atomic mass is 10.1. The van der Waals surface area contributed by atoms with Crippen LogP contribution in [-0.2, 0) is 0 Å². The molecule has 1 saturated heterocycles. The van der Waals surface area contributed by atoms with E-state index in [2.05, 4.69) is 10.2 Å². The van der Waals surface area contributed by atoms with Crippen LogP contribution in [0.1, 0.15) is 48.9 Å². The number of likely N-dealkylation sites (tertiary alicyclic amines) is 1. The summed E-state index contributed by atoms with van der Waals surface area (Å²) in [5, 5.41) is 2.88. The number of rotatable bonds is 7. The minimum atomic E-state index is -0.315. The maximum absolute atomic E-state index is 12.8. The lowest BCUT2D eigenvalue weighted by Gasteiger charge is -2.26. The van der Waals surface area contributed by atoms with E-state index < -0.39 is 0 Å². The number of piperidine rings is 1. The van der Waals surface area contributed by atoms with Gasteiger partial charge in [-0.05, 0) is 69.6 Å². The second-order valence-electron chi connectivity index (χ2n) is 5.73. The molecule has 3 nitrogen and oxygen atoms in total. The van der Waals surface area contributed by atoms with Gasteiger partial charge in [0.1, 0.15) is 5.82 Å². The van der Waals surface area contributed by atoms with Crippen molar-refractivity contribution in [3.63, 3.8) is 0 Å². The third-order valence-corrected chi connectivity index (χ3v) is 3.99. The molecule has 116 valence electrons. The van der Waals surface area contributed by atoms with Gasteiger partial charge in [-0.3, -0.25) is 4.79 Å². The molecule has 0 saturated carbocycles. The van der Waals surface area contributed by atoms with Crippen molar-refractivity contribution in [2.75, 3.05) is 26.2 Å². The molecule has 1 fully saturated rings. The highest BCUT2D eigenvalue weighted by Gasteiger charge is 2.09. The molecule has 1 aromatic rings. The maximum Gasteiger partial charge on any atom is 0.251 e. The van der Waals surface area contributed by atoms with E-state index in [0.717, 1.165) is 12.8 Å². The maximum atomic E-state index is 12.8. The minimum absolute atomic E-state index is 0.119. The first-order chi connectivity index (χ1) is 10.3. The Labute approximate surface area is 126 Å². The lowest BCUT2D eigenvalue weighted by Crippen LogP contribution is -2.30. The average molecular weight is 292 g/mol. The molecule has 1 aliphatic rings. The standard InChI is InChI=1S/C17H25FN2O/c18-16-9-7-15(8-10-16)17(21)19-11-3-1-4-12-20-13-5-2-6-14-20/h7-10H,1-6,11-14H2,(H,19,21). The van der Waals surface area contributed by atoms with Crippen LogP contribution in [-0.4, -0.2) is 37.0 Å². The summed E-state index contributed by atoms with van der Waals surface area (Å²) >= 11 is 0. The van der Waals surface area contributed by atoms with Gasteiger partial charge in [-0.25, -0.2) is 4.39 Å². The molecule has 1 aliphatic heterocycles. The van der Waals surface area contributed by atoms with Crippen LogP contribution in [0.3, 0.4) is 0 Å². The number of carbonyl (C=O) groups excluding carboxylic acids is 1. The third-order valence-electron chi connectivity index (χ3n) is 3.99. The quantitative estimate of drug-likeness (QED) is 0.783. The van der Waals surface area contributed by atoms with Crippen LogP contribution in [0, 0.1) is 5.82 Å². The van der Waals surface area contributed by atoms with Gasteiger partial charge in [-0.15, -0.1) is 0 Å². The second-order valence-corrected chi connectivity index (χ2v) is 5.73. The Morgan fingerprint density at radius 3 is 2.48 bits per heavy atom. The highest BCUT2D eigenvalue weighted by molar-refractivity contribution is 5.94. The van der Waals surface area contributed by atoms with Gasteiger partial charge in [-0.2, -0.15) is 0 Å². The highest BCUT2D eigenvalue weighted by Crippen LogP contribution is 2.09. The van der Waals surface area contributed by atoms with E-state index in [9.17, 15) is 9.18 Å². The molecule has 0 atom stereocenters. The van der Waals surface area contributed by atoms with Gasteiger partial charge in [0.05, 0.1) is 0 Å². The first-order valence-electron chi connectivity index (χ1n) is 8.02. The van der Waals surface area contributed by atoms with Crippen molar-refractivity contribution in [3.8, 4) is 0 Å². The summed E-state index contributed by atoms with van der Waals surface area (Å²) in [7, 11) is 0. The number of benzene rings is 1. The molecule has 0 unspecified atom stereocenters.